The van der Waals surface area contributed by atoms with Crippen molar-refractivity contribution in [1.82, 2.24) is 24.5 Å². The fourth-order valence-electron chi connectivity index (χ4n) is 2.50. The lowest BCUT2D eigenvalue weighted by Crippen LogP contribution is -2.25. The Balaban J connectivity index is 1.99. The van der Waals surface area contributed by atoms with Crippen LogP contribution in [-0.2, 0) is 5.75 Å². The van der Waals surface area contributed by atoms with Crippen LogP contribution < -0.4 is 16.2 Å². The molecule has 0 aliphatic heterocycles. The fraction of sp³-hybridized carbons (Fsp3) is 0.353. The van der Waals surface area contributed by atoms with Gasteiger partial charge in [-0.15, -0.1) is 0 Å². The maximum atomic E-state index is 12.8. The summed E-state index contributed by atoms with van der Waals surface area (Å²) in [6.07, 6.45) is 0. The average Bonchev–Trinajstić information content (AvgIpc) is 2.59. The molecule has 0 spiro atoms. The highest BCUT2D eigenvalue weighted by atomic mass is 32.2. The molecule has 0 saturated carbocycles. The summed E-state index contributed by atoms with van der Waals surface area (Å²) in [4.78, 5) is 31.9. The highest BCUT2D eigenvalue weighted by Crippen LogP contribution is 2.23. The molecule has 1 aromatic carbocycles. The minimum atomic E-state index is -0.0442. The van der Waals surface area contributed by atoms with Gasteiger partial charge in [-0.25, -0.2) is 4.98 Å². The van der Waals surface area contributed by atoms with E-state index in [-0.39, 0.29) is 17.5 Å². The molecule has 8 nitrogen and oxygen atoms in total. The van der Waals surface area contributed by atoms with Gasteiger partial charge in [0, 0.05) is 20.1 Å². The predicted molar refractivity (Wildman–Crippen MR) is 105 cm³/mol. The van der Waals surface area contributed by atoms with Gasteiger partial charge < -0.3 is 10.6 Å². The third-order valence-electron chi connectivity index (χ3n) is 3.71. The molecule has 0 aliphatic rings. The van der Waals surface area contributed by atoms with Gasteiger partial charge in [-0.1, -0.05) is 23.9 Å². The molecule has 26 heavy (non-hydrogen) atoms. The second-order valence-corrected chi connectivity index (χ2v) is 7.22. The Morgan fingerprint density at radius 3 is 2.58 bits per heavy atom. The van der Waals surface area contributed by atoms with Crippen LogP contribution in [0.25, 0.3) is 10.9 Å². The van der Waals surface area contributed by atoms with E-state index < -0.39 is 0 Å². The first-order chi connectivity index (χ1) is 12.4. The van der Waals surface area contributed by atoms with E-state index in [2.05, 4.69) is 19.9 Å². The van der Waals surface area contributed by atoms with Crippen LogP contribution in [0.4, 0.5) is 11.9 Å². The van der Waals surface area contributed by atoms with E-state index in [0.717, 1.165) is 0 Å². The van der Waals surface area contributed by atoms with Gasteiger partial charge in [0.05, 0.1) is 16.7 Å². The summed E-state index contributed by atoms with van der Waals surface area (Å²) in [6, 6.07) is 7.35. The number of benzene rings is 1. The van der Waals surface area contributed by atoms with E-state index in [1.165, 1.54) is 11.8 Å². The molecule has 2 heterocycles. The molecule has 2 aromatic heterocycles. The fourth-order valence-corrected chi connectivity index (χ4v) is 3.48. The number of para-hydroxylation sites is 1. The Bertz CT molecular complexity index is 1000. The van der Waals surface area contributed by atoms with Crippen LogP contribution in [0.1, 0.15) is 25.7 Å². The molecule has 0 fully saturated rings. The maximum absolute atomic E-state index is 12.8. The zero-order chi connectivity index (χ0) is 18.8. The number of hydrogen-bond acceptors (Lipinski definition) is 8. The van der Waals surface area contributed by atoms with E-state index >= 15 is 0 Å². The summed E-state index contributed by atoms with van der Waals surface area (Å²) in [5, 5.41) is 1.25. The molecule has 0 amide bonds. The molecule has 0 radical (unpaired) electrons. The van der Waals surface area contributed by atoms with Crippen LogP contribution in [-0.4, -0.2) is 38.6 Å². The zero-order valence-electron chi connectivity index (χ0n) is 15.2. The first kappa shape index (κ1) is 18.1. The SMILES string of the molecule is CC(C)n1c(SCc2nc(N)nc(N(C)C)n2)nc2ccccc2c1=O. The van der Waals surface area contributed by atoms with Crippen LogP contribution in [0, 0.1) is 0 Å². The van der Waals surface area contributed by atoms with Gasteiger partial charge in [0.2, 0.25) is 11.9 Å². The van der Waals surface area contributed by atoms with E-state index in [9.17, 15) is 4.79 Å². The van der Waals surface area contributed by atoms with Crippen molar-refractivity contribution in [2.75, 3.05) is 24.7 Å². The molecule has 0 saturated heterocycles. The minimum absolute atomic E-state index is 0.0112. The third-order valence-corrected chi connectivity index (χ3v) is 4.66. The van der Waals surface area contributed by atoms with E-state index in [0.29, 0.717) is 33.6 Å². The molecule has 3 rings (SSSR count). The lowest BCUT2D eigenvalue weighted by Gasteiger charge is -2.16. The second-order valence-electron chi connectivity index (χ2n) is 6.27. The molecule has 3 aromatic rings. The molecule has 2 N–H and O–H groups in total. The molecule has 0 atom stereocenters. The van der Waals surface area contributed by atoms with Crippen molar-refractivity contribution in [1.29, 1.82) is 0 Å². The van der Waals surface area contributed by atoms with Crippen LogP contribution in [0.5, 0.6) is 0 Å². The van der Waals surface area contributed by atoms with E-state index in [1.807, 2.05) is 46.1 Å². The van der Waals surface area contributed by atoms with Crippen molar-refractivity contribution in [3.63, 3.8) is 0 Å². The van der Waals surface area contributed by atoms with Crippen molar-refractivity contribution in [3.8, 4) is 0 Å². The zero-order valence-corrected chi connectivity index (χ0v) is 16.0. The molecule has 136 valence electrons. The number of nitrogen functional groups attached to an aromatic ring is 1. The van der Waals surface area contributed by atoms with Crippen molar-refractivity contribution < 1.29 is 0 Å². The standard InChI is InChI=1S/C17H21N7OS/c1-10(2)24-14(25)11-7-5-6-8-12(11)19-17(24)26-9-13-20-15(18)22-16(21-13)23(3)4/h5-8,10H,9H2,1-4H3,(H2,18,20,21,22). The number of nitrogens with two attached hydrogens (primary N) is 1. The number of thioether (sulfide) groups is 1. The first-order valence-corrected chi connectivity index (χ1v) is 9.17. The quantitative estimate of drug-likeness (QED) is 0.537. The van der Waals surface area contributed by atoms with Crippen LogP contribution in [0.15, 0.2) is 34.2 Å². The Morgan fingerprint density at radius 2 is 1.88 bits per heavy atom. The number of nitrogens with zero attached hydrogens (tertiary/aromatic N) is 6. The predicted octanol–water partition coefficient (Wildman–Crippen LogP) is 2.10. The first-order valence-electron chi connectivity index (χ1n) is 8.18. The normalized spacial score (nSPS) is 11.3. The maximum Gasteiger partial charge on any atom is 0.262 e. The molecule has 0 bridgehead atoms. The summed E-state index contributed by atoms with van der Waals surface area (Å²) in [7, 11) is 3.68. The highest BCUT2D eigenvalue weighted by Gasteiger charge is 2.15. The highest BCUT2D eigenvalue weighted by molar-refractivity contribution is 7.98. The summed E-state index contributed by atoms with van der Waals surface area (Å²) in [6.45, 7) is 3.93. The van der Waals surface area contributed by atoms with Crippen molar-refractivity contribution in [2.24, 2.45) is 0 Å². The molecular formula is C17H21N7OS. The summed E-state index contributed by atoms with van der Waals surface area (Å²) >= 11 is 1.41. The minimum Gasteiger partial charge on any atom is -0.368 e. The summed E-state index contributed by atoms with van der Waals surface area (Å²) in [5.74, 6) is 1.65. The Hall–Kier alpha value is -2.68. The van der Waals surface area contributed by atoms with Gasteiger partial charge >= 0.3 is 0 Å². The van der Waals surface area contributed by atoms with Gasteiger partial charge in [0.1, 0.15) is 5.82 Å². The third kappa shape index (κ3) is 3.62. The number of anilines is 2. The monoisotopic (exact) mass is 371 g/mol. The molecule has 0 aliphatic carbocycles. The second kappa shape index (κ2) is 7.28. The summed E-state index contributed by atoms with van der Waals surface area (Å²) in [5.41, 5.74) is 6.41. The lowest BCUT2D eigenvalue weighted by molar-refractivity contribution is 0.519. The van der Waals surface area contributed by atoms with Gasteiger partial charge in [-0.2, -0.15) is 15.0 Å². The largest absolute Gasteiger partial charge is 0.368 e. The number of rotatable bonds is 5. The molecular weight excluding hydrogens is 350 g/mol. The number of aromatic nitrogens is 5. The van der Waals surface area contributed by atoms with Crippen LogP contribution >= 0.6 is 11.8 Å². The Labute approximate surface area is 155 Å². The van der Waals surface area contributed by atoms with Crippen LogP contribution in [0.2, 0.25) is 0 Å². The van der Waals surface area contributed by atoms with Gasteiger partial charge in [-0.05, 0) is 26.0 Å². The van der Waals surface area contributed by atoms with Crippen molar-refractivity contribution >= 4 is 34.6 Å². The smallest absolute Gasteiger partial charge is 0.262 e. The average molecular weight is 371 g/mol. The van der Waals surface area contributed by atoms with Crippen LogP contribution in [0.3, 0.4) is 0 Å². The van der Waals surface area contributed by atoms with E-state index in [1.54, 1.807) is 15.5 Å². The molecule has 9 heteroatoms. The summed E-state index contributed by atoms with van der Waals surface area (Å²) < 4.78 is 1.70. The number of hydrogen-bond donors (Lipinski definition) is 1. The Morgan fingerprint density at radius 1 is 1.15 bits per heavy atom. The number of fused-ring (bicyclic) bond motifs is 1. The van der Waals surface area contributed by atoms with E-state index in [4.69, 9.17) is 5.73 Å². The Kier molecular flexibility index (Phi) is 5.08. The van der Waals surface area contributed by atoms with Gasteiger partial charge in [0.25, 0.3) is 5.56 Å². The molecule has 0 unspecified atom stereocenters. The lowest BCUT2D eigenvalue weighted by atomic mass is 10.2. The van der Waals surface area contributed by atoms with Crippen molar-refractivity contribution in [3.05, 3.63) is 40.4 Å². The topological polar surface area (TPSA) is 103 Å². The van der Waals surface area contributed by atoms with Crippen molar-refractivity contribution in [2.45, 2.75) is 30.8 Å². The van der Waals surface area contributed by atoms with Gasteiger partial charge in [0.15, 0.2) is 5.16 Å². The van der Waals surface area contributed by atoms with Gasteiger partial charge in [-0.3, -0.25) is 9.36 Å².